The Morgan fingerprint density at radius 2 is 2.10 bits per heavy atom. The van der Waals surface area contributed by atoms with E-state index in [0.29, 0.717) is 13.1 Å². The Morgan fingerprint density at radius 3 is 2.81 bits per heavy atom. The van der Waals surface area contributed by atoms with Gasteiger partial charge in [-0.1, -0.05) is 18.6 Å². The van der Waals surface area contributed by atoms with Crippen LogP contribution >= 0.6 is 23.7 Å². The molecule has 21 heavy (non-hydrogen) atoms. The predicted octanol–water partition coefficient (Wildman–Crippen LogP) is 2.22. The summed E-state index contributed by atoms with van der Waals surface area (Å²) in [6, 6.07) is 7.38. The van der Waals surface area contributed by atoms with Crippen LogP contribution in [0.25, 0.3) is 10.2 Å². The second-order valence-electron chi connectivity index (χ2n) is 4.95. The molecular formula is C13H18ClN3O2S2. The number of rotatable bonds is 3. The molecule has 1 atom stereocenters. The summed E-state index contributed by atoms with van der Waals surface area (Å²) in [7, 11) is -3.52. The molecule has 1 aliphatic rings. The molecular weight excluding hydrogens is 330 g/mol. The number of nitrogens with two attached hydrogens (primary N) is 1. The monoisotopic (exact) mass is 347 g/mol. The molecule has 5 nitrogen and oxygen atoms in total. The highest BCUT2D eigenvalue weighted by atomic mass is 35.5. The van der Waals surface area contributed by atoms with Crippen molar-refractivity contribution in [3.8, 4) is 0 Å². The van der Waals surface area contributed by atoms with Crippen LogP contribution in [0.5, 0.6) is 0 Å². The van der Waals surface area contributed by atoms with E-state index in [1.54, 1.807) is 0 Å². The van der Waals surface area contributed by atoms with Gasteiger partial charge in [-0.15, -0.1) is 23.7 Å². The van der Waals surface area contributed by atoms with E-state index in [1.807, 2.05) is 24.3 Å². The molecule has 0 aliphatic carbocycles. The fraction of sp³-hybridized carbons (Fsp3) is 0.462. The Hall–Kier alpha value is -0.730. The van der Waals surface area contributed by atoms with Gasteiger partial charge in [-0.2, -0.15) is 4.31 Å². The van der Waals surface area contributed by atoms with Crippen molar-refractivity contribution in [2.75, 3.05) is 13.1 Å². The van der Waals surface area contributed by atoms with E-state index in [1.165, 1.54) is 15.6 Å². The SMILES string of the molecule is Cl.NCC1CCCCN1S(=O)(=O)c1nc2ccccc2s1. The molecule has 0 spiro atoms. The average Bonchev–Trinajstić information content (AvgIpc) is 2.92. The van der Waals surface area contributed by atoms with Crippen molar-refractivity contribution in [1.29, 1.82) is 0 Å². The van der Waals surface area contributed by atoms with E-state index in [4.69, 9.17) is 5.73 Å². The molecule has 0 amide bonds. The highest BCUT2D eigenvalue weighted by molar-refractivity contribution is 7.91. The fourth-order valence-electron chi connectivity index (χ4n) is 2.59. The van der Waals surface area contributed by atoms with Gasteiger partial charge in [0, 0.05) is 19.1 Å². The summed E-state index contributed by atoms with van der Waals surface area (Å²) in [6.45, 7) is 0.907. The molecule has 2 aromatic rings. The first-order valence-corrected chi connectivity index (χ1v) is 8.96. The van der Waals surface area contributed by atoms with Crippen molar-refractivity contribution in [3.63, 3.8) is 0 Å². The summed E-state index contributed by atoms with van der Waals surface area (Å²) in [4.78, 5) is 4.28. The third-order valence-electron chi connectivity index (χ3n) is 3.65. The first-order valence-electron chi connectivity index (χ1n) is 6.70. The predicted molar refractivity (Wildman–Crippen MR) is 87.5 cm³/mol. The number of hydrogen-bond acceptors (Lipinski definition) is 5. The Bertz CT molecular complexity index is 684. The third-order valence-corrected chi connectivity index (χ3v) is 6.99. The van der Waals surface area contributed by atoms with Gasteiger partial charge in [-0.3, -0.25) is 0 Å². The maximum absolute atomic E-state index is 12.7. The van der Waals surface area contributed by atoms with Crippen LogP contribution in [-0.4, -0.2) is 36.8 Å². The maximum Gasteiger partial charge on any atom is 0.270 e. The number of benzene rings is 1. The summed E-state index contributed by atoms with van der Waals surface area (Å²) in [5.41, 5.74) is 6.45. The first kappa shape index (κ1) is 16.6. The summed E-state index contributed by atoms with van der Waals surface area (Å²) in [5.74, 6) is 0. The molecule has 3 rings (SSSR count). The smallest absolute Gasteiger partial charge is 0.270 e. The van der Waals surface area contributed by atoms with Crippen LogP contribution in [0.1, 0.15) is 19.3 Å². The van der Waals surface area contributed by atoms with E-state index in [-0.39, 0.29) is 22.8 Å². The van der Waals surface area contributed by atoms with Gasteiger partial charge in [-0.05, 0) is 25.0 Å². The lowest BCUT2D eigenvalue weighted by atomic mass is 10.1. The first-order chi connectivity index (χ1) is 9.63. The topological polar surface area (TPSA) is 76.3 Å². The highest BCUT2D eigenvalue weighted by Crippen LogP contribution is 2.30. The minimum absolute atomic E-state index is 0. The normalized spacial score (nSPS) is 20.3. The highest BCUT2D eigenvalue weighted by Gasteiger charge is 2.34. The van der Waals surface area contributed by atoms with Crippen molar-refractivity contribution >= 4 is 44.0 Å². The van der Waals surface area contributed by atoms with E-state index in [0.717, 1.165) is 29.5 Å². The Kier molecular flexibility index (Phi) is 5.21. The molecule has 1 saturated heterocycles. The van der Waals surface area contributed by atoms with Crippen molar-refractivity contribution < 1.29 is 8.42 Å². The lowest BCUT2D eigenvalue weighted by Gasteiger charge is -2.32. The number of fused-ring (bicyclic) bond motifs is 1. The molecule has 1 aromatic heterocycles. The largest absolute Gasteiger partial charge is 0.329 e. The minimum atomic E-state index is -3.52. The lowest BCUT2D eigenvalue weighted by Crippen LogP contribution is -2.47. The van der Waals surface area contributed by atoms with E-state index in [9.17, 15) is 8.42 Å². The van der Waals surface area contributed by atoms with Crippen molar-refractivity contribution in [1.82, 2.24) is 9.29 Å². The van der Waals surface area contributed by atoms with E-state index >= 15 is 0 Å². The molecule has 2 heterocycles. The molecule has 1 aromatic carbocycles. The molecule has 1 unspecified atom stereocenters. The number of halogens is 1. The van der Waals surface area contributed by atoms with Gasteiger partial charge in [0.15, 0.2) is 0 Å². The van der Waals surface area contributed by atoms with E-state index in [2.05, 4.69) is 4.98 Å². The van der Waals surface area contributed by atoms with Gasteiger partial charge >= 0.3 is 0 Å². The summed E-state index contributed by atoms with van der Waals surface area (Å²) >= 11 is 1.23. The Labute approximate surface area is 134 Å². The van der Waals surface area contributed by atoms with Gasteiger partial charge in [0.1, 0.15) is 0 Å². The number of thiazole rings is 1. The van der Waals surface area contributed by atoms with Crippen LogP contribution in [0.15, 0.2) is 28.6 Å². The van der Waals surface area contributed by atoms with Crippen molar-refractivity contribution in [2.45, 2.75) is 29.6 Å². The van der Waals surface area contributed by atoms with Crippen LogP contribution in [0.4, 0.5) is 0 Å². The zero-order valence-electron chi connectivity index (χ0n) is 11.4. The van der Waals surface area contributed by atoms with Crippen molar-refractivity contribution in [2.24, 2.45) is 5.73 Å². The average molecular weight is 348 g/mol. The number of sulfonamides is 1. The number of para-hydroxylation sites is 1. The van der Waals surface area contributed by atoms with Gasteiger partial charge in [0.25, 0.3) is 10.0 Å². The Balaban J connectivity index is 0.00000161. The molecule has 1 aliphatic heterocycles. The van der Waals surface area contributed by atoms with Crippen LogP contribution in [0.3, 0.4) is 0 Å². The molecule has 2 N–H and O–H groups in total. The summed E-state index contributed by atoms with van der Waals surface area (Å²) in [6.07, 6.45) is 2.76. The lowest BCUT2D eigenvalue weighted by molar-refractivity contribution is 0.257. The third kappa shape index (κ3) is 3.07. The summed E-state index contributed by atoms with van der Waals surface area (Å²) in [5, 5.41) is 0. The molecule has 0 saturated carbocycles. The van der Waals surface area contributed by atoms with Gasteiger partial charge in [0.05, 0.1) is 10.2 Å². The second kappa shape index (κ2) is 6.58. The number of nitrogens with zero attached hydrogens (tertiary/aromatic N) is 2. The van der Waals surface area contributed by atoms with Crippen LogP contribution in [-0.2, 0) is 10.0 Å². The molecule has 8 heteroatoms. The van der Waals surface area contributed by atoms with E-state index < -0.39 is 10.0 Å². The van der Waals surface area contributed by atoms with Gasteiger partial charge < -0.3 is 5.73 Å². The summed E-state index contributed by atoms with van der Waals surface area (Å²) < 4.78 is 28.1. The van der Waals surface area contributed by atoms with Gasteiger partial charge in [0.2, 0.25) is 4.34 Å². The van der Waals surface area contributed by atoms with Crippen LogP contribution in [0.2, 0.25) is 0 Å². The van der Waals surface area contributed by atoms with Crippen molar-refractivity contribution in [3.05, 3.63) is 24.3 Å². The van der Waals surface area contributed by atoms with Gasteiger partial charge in [-0.25, -0.2) is 13.4 Å². The van der Waals surface area contributed by atoms with Crippen LogP contribution < -0.4 is 5.73 Å². The zero-order valence-corrected chi connectivity index (χ0v) is 13.9. The maximum atomic E-state index is 12.7. The minimum Gasteiger partial charge on any atom is -0.329 e. The molecule has 0 radical (unpaired) electrons. The fourth-order valence-corrected chi connectivity index (χ4v) is 5.63. The number of hydrogen-bond donors (Lipinski definition) is 1. The quantitative estimate of drug-likeness (QED) is 0.923. The zero-order chi connectivity index (χ0) is 14.2. The molecule has 0 bridgehead atoms. The van der Waals surface area contributed by atoms with Crippen LogP contribution in [0, 0.1) is 0 Å². The standard InChI is InChI=1S/C13H17N3O2S2.ClH/c14-9-10-5-3-4-8-16(10)20(17,18)13-15-11-6-1-2-7-12(11)19-13;/h1-2,6-7,10H,3-5,8-9,14H2;1H. The Morgan fingerprint density at radius 1 is 1.33 bits per heavy atom. The number of piperidine rings is 1. The molecule has 1 fully saturated rings. The molecule has 116 valence electrons. The second-order valence-corrected chi connectivity index (χ2v) is 8.04. The number of aromatic nitrogens is 1.